The van der Waals surface area contributed by atoms with Crippen molar-refractivity contribution in [1.82, 2.24) is 0 Å². The van der Waals surface area contributed by atoms with E-state index < -0.39 is 36.5 Å². The lowest BCUT2D eigenvalue weighted by molar-refractivity contribution is -0.149. The van der Waals surface area contributed by atoms with E-state index in [0.717, 1.165) is 47.3 Å². The van der Waals surface area contributed by atoms with Crippen LogP contribution in [0.2, 0.25) is 0 Å². The Morgan fingerprint density at radius 2 is 1.12 bits per heavy atom. The molecule has 0 heterocycles. The maximum atomic E-state index is 13.7. The van der Waals surface area contributed by atoms with Crippen molar-refractivity contribution < 1.29 is 38.8 Å². The van der Waals surface area contributed by atoms with Gasteiger partial charge in [0.2, 0.25) is 0 Å². The molecule has 8 heteroatoms. The summed E-state index contributed by atoms with van der Waals surface area (Å²) in [5.74, 6) is 1.82. The summed E-state index contributed by atoms with van der Waals surface area (Å²) in [5.41, 5.74) is 2.85. The molecule has 300 valence electrons. The van der Waals surface area contributed by atoms with E-state index in [9.17, 15) is 24.6 Å². The van der Waals surface area contributed by atoms with Gasteiger partial charge in [-0.2, -0.15) is 0 Å². The van der Waals surface area contributed by atoms with Crippen LogP contribution in [0.3, 0.4) is 0 Å². The summed E-state index contributed by atoms with van der Waals surface area (Å²) in [7, 11) is 0. The molecule has 0 aliphatic heterocycles. The minimum Gasteiger partial charge on any atom is -0.425 e. The first-order chi connectivity index (χ1) is 26.8. The van der Waals surface area contributed by atoms with Crippen LogP contribution < -0.4 is 14.2 Å². The normalized spacial score (nSPS) is 19.8. The zero-order chi connectivity index (χ0) is 40.4. The Labute approximate surface area is 333 Å². The fourth-order valence-electron chi connectivity index (χ4n) is 8.17. The van der Waals surface area contributed by atoms with Crippen molar-refractivity contribution in [2.75, 3.05) is 13.2 Å². The van der Waals surface area contributed by atoms with E-state index in [1.54, 1.807) is 38.1 Å². The first-order valence-corrected chi connectivity index (χ1v) is 20.4. The van der Waals surface area contributed by atoms with Crippen molar-refractivity contribution in [2.24, 2.45) is 23.2 Å². The Morgan fingerprint density at radius 3 is 1.54 bits per heavy atom. The zero-order valence-corrected chi connectivity index (χ0v) is 33.7. The third kappa shape index (κ3) is 10.6. The molecule has 0 saturated heterocycles. The molecular weight excluding hydrogens is 705 g/mol. The van der Waals surface area contributed by atoms with Crippen molar-refractivity contribution >= 4 is 17.9 Å². The van der Waals surface area contributed by atoms with Crippen LogP contribution >= 0.6 is 0 Å². The summed E-state index contributed by atoms with van der Waals surface area (Å²) in [5, 5.41) is 20.2. The average Bonchev–Trinajstić information content (AvgIpc) is 3.21. The van der Waals surface area contributed by atoms with E-state index in [1.165, 1.54) is 71.1 Å². The molecule has 0 aromatic heterocycles. The highest BCUT2D eigenvalue weighted by Gasteiger charge is 2.36. The van der Waals surface area contributed by atoms with Crippen LogP contribution in [0.25, 0.3) is 22.3 Å². The summed E-state index contributed by atoms with van der Waals surface area (Å²) in [6, 6.07) is 18.2. The van der Waals surface area contributed by atoms with Crippen LogP contribution in [0.1, 0.15) is 116 Å². The van der Waals surface area contributed by atoms with Gasteiger partial charge in [-0.05, 0) is 136 Å². The van der Waals surface area contributed by atoms with Gasteiger partial charge in [0, 0.05) is 22.3 Å². The monoisotopic (exact) mass is 764 g/mol. The third-order valence-electron chi connectivity index (χ3n) is 12.0. The fourth-order valence-corrected chi connectivity index (χ4v) is 8.17. The zero-order valence-electron chi connectivity index (χ0n) is 33.7. The maximum Gasteiger partial charge on any atom is 0.338 e. The second-order valence-corrected chi connectivity index (χ2v) is 16.5. The molecule has 56 heavy (non-hydrogen) atoms. The van der Waals surface area contributed by atoms with Crippen LogP contribution in [-0.4, -0.2) is 41.3 Å². The Bertz CT molecular complexity index is 1740. The molecule has 2 aliphatic rings. The van der Waals surface area contributed by atoms with E-state index in [-0.39, 0.29) is 22.8 Å². The van der Waals surface area contributed by atoms with Gasteiger partial charge in [0.15, 0.2) is 0 Å². The van der Waals surface area contributed by atoms with Gasteiger partial charge in [0.25, 0.3) is 0 Å². The van der Waals surface area contributed by atoms with Gasteiger partial charge in [-0.3, -0.25) is 4.79 Å². The molecule has 3 aromatic carbocycles. The van der Waals surface area contributed by atoms with Crippen molar-refractivity contribution in [3.05, 3.63) is 90.5 Å². The maximum absolute atomic E-state index is 13.7. The van der Waals surface area contributed by atoms with E-state index in [0.29, 0.717) is 22.6 Å². The largest absolute Gasteiger partial charge is 0.425 e. The highest BCUT2D eigenvalue weighted by Crippen LogP contribution is 2.48. The van der Waals surface area contributed by atoms with Gasteiger partial charge in [-0.15, -0.1) is 0 Å². The minimum atomic E-state index is -1.55. The highest BCUT2D eigenvalue weighted by molar-refractivity contribution is 5.91. The van der Waals surface area contributed by atoms with E-state index in [4.69, 9.17) is 14.2 Å². The van der Waals surface area contributed by atoms with Crippen molar-refractivity contribution in [1.29, 1.82) is 0 Å². The molecule has 2 saturated carbocycles. The molecule has 2 N–H and O–H groups in total. The lowest BCUT2D eigenvalue weighted by Gasteiger charge is -2.38. The standard InChI is InChI=1S/C48H60O8/c1-7-8-9-10-33-11-13-34(14-12-33)35-15-17-36(18-16-35)39-27-42(37-19-23-40(24-20-37)54-45(51)31(2)3)44(56-47(53)48(6,29-49)30-50)43(28-39)38-21-25-41(26-22-38)55-46(52)32(4)5/h19-28,33-36,49-50H,2,4,7-18,29-30H2,1,3,5-6H3. The number of carbonyl (C=O) groups is 3. The summed E-state index contributed by atoms with van der Waals surface area (Å²) >= 11 is 0. The molecule has 0 atom stereocenters. The summed E-state index contributed by atoms with van der Waals surface area (Å²) in [6.07, 6.45) is 15.2. The summed E-state index contributed by atoms with van der Waals surface area (Å²) in [4.78, 5) is 38.3. The molecule has 3 aromatic rings. The van der Waals surface area contributed by atoms with Crippen LogP contribution in [0.15, 0.2) is 85.0 Å². The van der Waals surface area contributed by atoms with Crippen LogP contribution in [0.4, 0.5) is 0 Å². The number of carbonyl (C=O) groups excluding carboxylic acids is 3. The Kier molecular flexibility index (Phi) is 14.9. The molecule has 2 aliphatic carbocycles. The van der Waals surface area contributed by atoms with Gasteiger partial charge in [0.05, 0.1) is 13.2 Å². The predicted molar refractivity (Wildman–Crippen MR) is 220 cm³/mol. The number of rotatable bonds is 16. The Balaban J connectivity index is 1.52. The summed E-state index contributed by atoms with van der Waals surface area (Å²) < 4.78 is 17.1. The van der Waals surface area contributed by atoms with Gasteiger partial charge >= 0.3 is 17.9 Å². The number of aliphatic hydroxyl groups is 2. The second kappa shape index (κ2) is 19.6. The van der Waals surface area contributed by atoms with E-state index in [2.05, 4.69) is 32.2 Å². The molecule has 0 spiro atoms. The quantitative estimate of drug-likeness (QED) is 0.0640. The number of unbranched alkanes of at least 4 members (excludes halogenated alkanes) is 2. The molecular formula is C48H60O8. The van der Waals surface area contributed by atoms with Gasteiger partial charge < -0.3 is 24.4 Å². The molecule has 2 fully saturated rings. The van der Waals surface area contributed by atoms with Crippen LogP contribution in [0.5, 0.6) is 17.2 Å². The molecule has 0 unspecified atom stereocenters. The topological polar surface area (TPSA) is 119 Å². The lowest BCUT2D eigenvalue weighted by atomic mass is 9.67. The van der Waals surface area contributed by atoms with Crippen molar-refractivity contribution in [2.45, 2.75) is 111 Å². The lowest BCUT2D eigenvalue weighted by Crippen LogP contribution is -2.38. The molecule has 0 bridgehead atoms. The SMILES string of the molecule is C=C(C)C(=O)Oc1ccc(-c2cc(C3CCC(C4CCC(CCCCC)CC4)CC3)cc(-c3ccc(OC(=O)C(=C)C)cc3)c2OC(=O)C(C)(CO)CO)cc1. The number of hydrogen-bond acceptors (Lipinski definition) is 8. The molecule has 0 amide bonds. The van der Waals surface area contributed by atoms with Gasteiger partial charge in [-0.1, -0.05) is 82.9 Å². The Hall–Kier alpha value is -4.53. The smallest absolute Gasteiger partial charge is 0.338 e. The van der Waals surface area contributed by atoms with Crippen LogP contribution in [0, 0.1) is 23.2 Å². The third-order valence-corrected chi connectivity index (χ3v) is 12.0. The van der Waals surface area contributed by atoms with Gasteiger partial charge in [-0.25, -0.2) is 9.59 Å². The van der Waals surface area contributed by atoms with Gasteiger partial charge in [0.1, 0.15) is 22.7 Å². The Morgan fingerprint density at radius 1 is 0.679 bits per heavy atom. The number of ether oxygens (including phenoxy) is 3. The average molecular weight is 765 g/mol. The van der Waals surface area contributed by atoms with E-state index >= 15 is 0 Å². The summed E-state index contributed by atoms with van der Waals surface area (Å²) in [6.45, 7) is 13.0. The number of hydrogen-bond donors (Lipinski definition) is 2. The minimum absolute atomic E-state index is 0.259. The molecule has 5 rings (SSSR count). The second-order valence-electron chi connectivity index (χ2n) is 16.5. The predicted octanol–water partition coefficient (Wildman–Crippen LogP) is 10.5. The fraction of sp³-hybridized carbons (Fsp3) is 0.479. The first-order valence-electron chi connectivity index (χ1n) is 20.4. The van der Waals surface area contributed by atoms with Crippen molar-refractivity contribution in [3.63, 3.8) is 0 Å². The number of aliphatic hydroxyl groups excluding tert-OH is 2. The molecule has 8 nitrogen and oxygen atoms in total. The van der Waals surface area contributed by atoms with Crippen molar-refractivity contribution in [3.8, 4) is 39.5 Å². The van der Waals surface area contributed by atoms with Crippen LogP contribution in [-0.2, 0) is 14.4 Å². The number of benzene rings is 3. The van der Waals surface area contributed by atoms with E-state index in [1.807, 2.05) is 24.3 Å². The number of esters is 3. The first kappa shape index (κ1) is 42.6. The highest BCUT2D eigenvalue weighted by atomic mass is 16.5. The molecule has 0 radical (unpaired) electrons.